The van der Waals surface area contributed by atoms with Crippen LogP contribution in [0.1, 0.15) is 23.8 Å². The third kappa shape index (κ3) is 4.98. The first-order valence-corrected chi connectivity index (χ1v) is 13.1. The van der Waals surface area contributed by atoms with Crippen LogP contribution in [0.15, 0.2) is 50.8 Å². The first kappa shape index (κ1) is 25.0. The van der Waals surface area contributed by atoms with Crippen LogP contribution in [-0.4, -0.2) is 68.3 Å². The van der Waals surface area contributed by atoms with Gasteiger partial charge >= 0.3 is 6.09 Å². The zero-order valence-corrected chi connectivity index (χ0v) is 22.0. The van der Waals surface area contributed by atoms with E-state index in [9.17, 15) is 14.4 Å². The second-order valence-electron chi connectivity index (χ2n) is 8.61. The quantitative estimate of drug-likeness (QED) is 0.357. The van der Waals surface area contributed by atoms with Gasteiger partial charge in [-0.05, 0) is 43.7 Å². The number of carbonyl (C=O) groups excluding carboxylic acids is 2. The number of piperazine rings is 1. The van der Waals surface area contributed by atoms with E-state index >= 15 is 0 Å². The first-order chi connectivity index (χ1) is 17.9. The molecule has 37 heavy (non-hydrogen) atoms. The summed E-state index contributed by atoms with van der Waals surface area (Å²) in [5.41, 5.74) is 1.42. The number of aromatic nitrogens is 2. The molecule has 2 aliphatic heterocycles. The molecule has 2 saturated heterocycles. The average molecular weight is 540 g/mol. The van der Waals surface area contributed by atoms with E-state index < -0.39 is 0 Å². The number of rotatable bonds is 5. The summed E-state index contributed by atoms with van der Waals surface area (Å²) in [6, 6.07) is 7.21. The van der Waals surface area contributed by atoms with Gasteiger partial charge in [-0.2, -0.15) is 0 Å². The highest BCUT2D eigenvalue weighted by Gasteiger charge is 2.34. The van der Waals surface area contributed by atoms with E-state index in [2.05, 4.69) is 0 Å². The molecule has 2 fully saturated rings. The van der Waals surface area contributed by atoms with Crippen molar-refractivity contribution in [3.8, 4) is 0 Å². The minimum absolute atomic E-state index is 0.214. The molecule has 0 atom stereocenters. The van der Waals surface area contributed by atoms with Gasteiger partial charge < -0.3 is 19.0 Å². The largest absolute Gasteiger partial charge is 0.467 e. The van der Waals surface area contributed by atoms with Crippen LogP contribution in [0.3, 0.4) is 0 Å². The van der Waals surface area contributed by atoms with Crippen LogP contribution in [0.2, 0.25) is 0 Å². The molecule has 0 spiro atoms. The van der Waals surface area contributed by atoms with Crippen LogP contribution >= 0.6 is 24.0 Å². The number of thiocarbonyl (C=S) groups is 1. The average Bonchev–Trinajstić information content (AvgIpc) is 3.50. The number of hydrogen-bond acceptors (Lipinski definition) is 9. The van der Waals surface area contributed by atoms with Crippen LogP contribution in [0.5, 0.6) is 0 Å². The normalized spacial score (nSPS) is 17.4. The maximum atomic E-state index is 13.7. The molecule has 2 amide bonds. The highest BCUT2D eigenvalue weighted by molar-refractivity contribution is 8.26. The maximum absolute atomic E-state index is 13.7. The van der Waals surface area contributed by atoms with E-state index in [-0.39, 0.29) is 24.1 Å². The Morgan fingerprint density at radius 3 is 2.70 bits per heavy atom. The Kier molecular flexibility index (Phi) is 7.02. The van der Waals surface area contributed by atoms with Crippen LogP contribution in [-0.2, 0) is 16.1 Å². The van der Waals surface area contributed by atoms with Crippen molar-refractivity contribution in [3.05, 3.63) is 68.9 Å². The van der Waals surface area contributed by atoms with Gasteiger partial charge in [0.05, 0.1) is 29.9 Å². The molecule has 5 rings (SSSR count). The van der Waals surface area contributed by atoms with Crippen molar-refractivity contribution in [2.75, 3.05) is 37.7 Å². The number of furan rings is 1. The second kappa shape index (κ2) is 10.4. The number of nitrogens with zero attached hydrogens (tertiary/aromatic N) is 5. The summed E-state index contributed by atoms with van der Waals surface area (Å²) < 4.78 is 12.4. The molecular weight excluding hydrogens is 514 g/mol. The predicted octanol–water partition coefficient (Wildman–Crippen LogP) is 3.28. The lowest BCUT2D eigenvalue weighted by Gasteiger charge is -2.35. The summed E-state index contributed by atoms with van der Waals surface area (Å²) in [7, 11) is 0. The van der Waals surface area contributed by atoms with Gasteiger partial charge in [0.25, 0.3) is 11.5 Å². The Morgan fingerprint density at radius 1 is 1.22 bits per heavy atom. The highest BCUT2D eigenvalue weighted by atomic mass is 32.2. The van der Waals surface area contributed by atoms with E-state index in [0.29, 0.717) is 64.8 Å². The summed E-state index contributed by atoms with van der Waals surface area (Å²) >= 11 is 6.60. The minimum atomic E-state index is -0.357. The lowest BCUT2D eigenvalue weighted by Crippen LogP contribution is -2.49. The third-order valence-corrected chi connectivity index (χ3v) is 7.51. The molecule has 0 saturated carbocycles. The minimum Gasteiger partial charge on any atom is -0.467 e. The molecule has 10 nitrogen and oxygen atoms in total. The van der Waals surface area contributed by atoms with Crippen molar-refractivity contribution in [1.82, 2.24) is 19.2 Å². The number of ether oxygens (including phenoxy) is 1. The van der Waals surface area contributed by atoms with Gasteiger partial charge in [-0.25, -0.2) is 9.78 Å². The Hall–Kier alpha value is -3.64. The van der Waals surface area contributed by atoms with E-state index in [1.54, 1.807) is 48.6 Å². The van der Waals surface area contributed by atoms with E-state index in [0.717, 1.165) is 17.3 Å². The number of aryl methyl sites for hydroxylation is 1. The van der Waals surface area contributed by atoms with Gasteiger partial charge in [-0.1, -0.05) is 30.0 Å². The molecular formula is C25H25N5O5S2. The number of amides is 2. The van der Waals surface area contributed by atoms with Gasteiger partial charge in [0, 0.05) is 32.4 Å². The maximum Gasteiger partial charge on any atom is 0.409 e. The van der Waals surface area contributed by atoms with Crippen LogP contribution in [0.4, 0.5) is 10.6 Å². The molecule has 192 valence electrons. The molecule has 5 heterocycles. The number of anilines is 1. The topological polar surface area (TPSA) is 101 Å². The Labute approximate surface area is 222 Å². The van der Waals surface area contributed by atoms with Gasteiger partial charge in [-0.3, -0.25) is 18.9 Å². The zero-order valence-electron chi connectivity index (χ0n) is 20.4. The van der Waals surface area contributed by atoms with Gasteiger partial charge in [0.2, 0.25) is 0 Å². The standard InChI is InChI=1S/C25H25N5O5S2/c1-3-34-24(33)28-10-8-27(9-11-28)21-18(22(31)29-14-16(2)6-7-20(29)26-21)13-19-23(32)30(25(36)37-19)15-17-5-4-12-35-17/h4-7,12-14H,3,8-11,15H2,1-2H3. The molecule has 0 aromatic carbocycles. The molecule has 3 aromatic rings. The number of thioether (sulfide) groups is 1. The Balaban J connectivity index is 1.52. The van der Waals surface area contributed by atoms with E-state index in [4.69, 9.17) is 26.4 Å². The Morgan fingerprint density at radius 2 is 2.00 bits per heavy atom. The highest BCUT2D eigenvalue weighted by Crippen LogP contribution is 2.34. The van der Waals surface area contributed by atoms with E-state index in [1.165, 1.54) is 9.30 Å². The van der Waals surface area contributed by atoms with Crippen LogP contribution < -0.4 is 10.5 Å². The molecule has 0 unspecified atom stereocenters. The van der Waals surface area contributed by atoms with Crippen molar-refractivity contribution in [3.63, 3.8) is 0 Å². The molecule has 2 aliphatic rings. The summed E-state index contributed by atoms with van der Waals surface area (Å²) in [6.07, 6.45) is 4.50. The number of carbonyl (C=O) groups is 2. The summed E-state index contributed by atoms with van der Waals surface area (Å²) in [6.45, 7) is 5.98. The lowest BCUT2D eigenvalue weighted by molar-refractivity contribution is -0.122. The van der Waals surface area contributed by atoms with Gasteiger partial charge in [0.1, 0.15) is 21.5 Å². The summed E-state index contributed by atoms with van der Waals surface area (Å²) in [5, 5.41) is 0. The fourth-order valence-corrected chi connectivity index (χ4v) is 5.49. The molecule has 12 heteroatoms. The summed E-state index contributed by atoms with van der Waals surface area (Å²) in [5.74, 6) is 0.785. The van der Waals surface area contributed by atoms with Crippen molar-refractivity contribution in [2.45, 2.75) is 20.4 Å². The molecule has 0 aliphatic carbocycles. The number of hydrogen-bond donors (Lipinski definition) is 0. The Bertz CT molecular complexity index is 1460. The monoisotopic (exact) mass is 539 g/mol. The third-order valence-electron chi connectivity index (χ3n) is 6.13. The molecule has 0 bridgehead atoms. The number of fused-ring (bicyclic) bond motifs is 1. The number of pyridine rings is 1. The van der Waals surface area contributed by atoms with Gasteiger partial charge in [0.15, 0.2) is 0 Å². The van der Waals surface area contributed by atoms with Crippen LogP contribution in [0.25, 0.3) is 11.7 Å². The predicted molar refractivity (Wildman–Crippen MR) is 144 cm³/mol. The fourth-order valence-electron chi connectivity index (χ4n) is 4.26. The zero-order chi connectivity index (χ0) is 26.1. The SMILES string of the molecule is CCOC(=O)N1CCN(c2nc3ccc(C)cn3c(=O)c2C=C2SC(=S)N(Cc3ccco3)C2=O)CC1. The first-order valence-electron chi connectivity index (χ1n) is 11.8. The molecule has 0 radical (unpaired) electrons. The van der Waals surface area contributed by atoms with Crippen molar-refractivity contribution in [1.29, 1.82) is 0 Å². The van der Waals surface area contributed by atoms with Crippen LogP contribution in [0, 0.1) is 6.92 Å². The van der Waals surface area contributed by atoms with E-state index in [1.807, 2.05) is 17.9 Å². The van der Waals surface area contributed by atoms with Crippen molar-refractivity contribution < 1.29 is 18.7 Å². The fraction of sp³-hybridized carbons (Fsp3) is 0.320. The smallest absolute Gasteiger partial charge is 0.409 e. The molecule has 3 aromatic heterocycles. The van der Waals surface area contributed by atoms with Gasteiger partial charge in [-0.15, -0.1) is 0 Å². The second-order valence-corrected chi connectivity index (χ2v) is 10.3. The van der Waals surface area contributed by atoms with Crippen molar-refractivity contribution >= 4 is 57.8 Å². The molecule has 0 N–H and O–H groups in total. The van der Waals surface area contributed by atoms with Crippen molar-refractivity contribution in [2.24, 2.45) is 0 Å². The summed E-state index contributed by atoms with van der Waals surface area (Å²) in [4.78, 5) is 49.3. The lowest BCUT2D eigenvalue weighted by atomic mass is 10.2.